The van der Waals surface area contributed by atoms with Crippen molar-refractivity contribution in [1.29, 1.82) is 0 Å². The SMILES string of the molecule is CCOC(=O)C(CC)c1nc(C(C)C)n[nH]1. The predicted molar refractivity (Wildman–Crippen MR) is 60.1 cm³/mol. The third-order valence-corrected chi connectivity index (χ3v) is 2.35. The number of hydrogen-bond donors (Lipinski definition) is 1. The number of ether oxygens (including phenoxy) is 1. The van der Waals surface area contributed by atoms with Crippen LogP contribution in [-0.2, 0) is 9.53 Å². The standard InChI is InChI=1S/C11H19N3O2/c1-5-8(11(15)16-6-2)10-12-9(7(3)4)13-14-10/h7-8H,5-6H2,1-4H3,(H,12,13,14). The maximum absolute atomic E-state index is 11.6. The molecule has 0 aliphatic carbocycles. The van der Waals surface area contributed by atoms with Gasteiger partial charge in [-0.1, -0.05) is 20.8 Å². The lowest BCUT2D eigenvalue weighted by molar-refractivity contribution is -0.145. The zero-order valence-electron chi connectivity index (χ0n) is 10.3. The molecule has 0 amide bonds. The van der Waals surface area contributed by atoms with Gasteiger partial charge in [0.25, 0.3) is 0 Å². The van der Waals surface area contributed by atoms with Gasteiger partial charge in [0.15, 0.2) is 5.82 Å². The summed E-state index contributed by atoms with van der Waals surface area (Å²) in [4.78, 5) is 16.0. The number of aromatic nitrogens is 3. The Hall–Kier alpha value is -1.39. The third kappa shape index (κ3) is 2.81. The number of hydrogen-bond acceptors (Lipinski definition) is 4. The number of nitrogens with zero attached hydrogens (tertiary/aromatic N) is 2. The first-order valence-corrected chi connectivity index (χ1v) is 5.68. The van der Waals surface area contributed by atoms with Crippen LogP contribution in [-0.4, -0.2) is 27.8 Å². The fourth-order valence-electron chi connectivity index (χ4n) is 1.42. The molecule has 1 N–H and O–H groups in total. The maximum atomic E-state index is 11.6. The Balaban J connectivity index is 2.82. The molecule has 90 valence electrons. The Morgan fingerprint density at radius 1 is 1.44 bits per heavy atom. The summed E-state index contributed by atoms with van der Waals surface area (Å²) in [6.07, 6.45) is 0.658. The van der Waals surface area contributed by atoms with Crippen LogP contribution in [0.1, 0.15) is 57.6 Å². The predicted octanol–water partition coefficient (Wildman–Crippen LogP) is 1.98. The van der Waals surface area contributed by atoms with Gasteiger partial charge in [-0.2, -0.15) is 5.10 Å². The van der Waals surface area contributed by atoms with E-state index in [0.717, 1.165) is 5.82 Å². The summed E-state index contributed by atoms with van der Waals surface area (Å²) in [5, 5.41) is 6.90. The quantitative estimate of drug-likeness (QED) is 0.778. The van der Waals surface area contributed by atoms with Gasteiger partial charge in [0.2, 0.25) is 0 Å². The highest BCUT2D eigenvalue weighted by atomic mass is 16.5. The number of nitrogens with one attached hydrogen (secondary N) is 1. The minimum atomic E-state index is -0.333. The molecule has 5 nitrogen and oxygen atoms in total. The van der Waals surface area contributed by atoms with Crippen LogP contribution in [0.25, 0.3) is 0 Å². The van der Waals surface area contributed by atoms with Crippen molar-refractivity contribution in [2.75, 3.05) is 6.61 Å². The second-order valence-electron chi connectivity index (χ2n) is 3.95. The van der Waals surface area contributed by atoms with Crippen molar-refractivity contribution in [3.8, 4) is 0 Å². The molecular formula is C11H19N3O2. The Kier molecular flexibility index (Phi) is 4.46. The van der Waals surface area contributed by atoms with Crippen molar-refractivity contribution in [3.63, 3.8) is 0 Å². The maximum Gasteiger partial charge on any atom is 0.316 e. The summed E-state index contributed by atoms with van der Waals surface area (Å²) in [5.41, 5.74) is 0. The summed E-state index contributed by atoms with van der Waals surface area (Å²) >= 11 is 0. The van der Waals surface area contributed by atoms with Crippen LogP contribution in [0, 0.1) is 0 Å². The first-order chi connectivity index (χ1) is 7.60. The van der Waals surface area contributed by atoms with Crippen LogP contribution >= 0.6 is 0 Å². The average Bonchev–Trinajstić information content (AvgIpc) is 2.68. The van der Waals surface area contributed by atoms with Crippen molar-refractivity contribution < 1.29 is 9.53 Å². The number of carbonyl (C=O) groups is 1. The molecule has 0 saturated heterocycles. The zero-order valence-corrected chi connectivity index (χ0v) is 10.3. The molecule has 1 atom stereocenters. The van der Waals surface area contributed by atoms with Crippen LogP contribution in [0.3, 0.4) is 0 Å². The molecule has 0 aliphatic rings. The van der Waals surface area contributed by atoms with E-state index < -0.39 is 0 Å². The lowest BCUT2D eigenvalue weighted by Crippen LogP contribution is -2.16. The summed E-state index contributed by atoms with van der Waals surface area (Å²) in [6.45, 7) is 8.14. The summed E-state index contributed by atoms with van der Waals surface area (Å²) in [5.74, 6) is 1.02. The number of H-pyrrole nitrogens is 1. The van der Waals surface area contributed by atoms with Crippen LogP contribution in [0.5, 0.6) is 0 Å². The van der Waals surface area contributed by atoms with Gasteiger partial charge in [0.1, 0.15) is 11.7 Å². The second kappa shape index (κ2) is 5.63. The van der Waals surface area contributed by atoms with E-state index in [1.807, 2.05) is 20.8 Å². The highest BCUT2D eigenvalue weighted by molar-refractivity contribution is 5.76. The molecule has 0 radical (unpaired) electrons. The molecule has 0 saturated carbocycles. The molecule has 5 heteroatoms. The smallest absolute Gasteiger partial charge is 0.316 e. The van der Waals surface area contributed by atoms with Gasteiger partial charge in [0, 0.05) is 5.92 Å². The van der Waals surface area contributed by atoms with Gasteiger partial charge in [-0.25, -0.2) is 4.98 Å². The van der Waals surface area contributed by atoms with Gasteiger partial charge in [-0.3, -0.25) is 9.89 Å². The number of aromatic amines is 1. The second-order valence-corrected chi connectivity index (χ2v) is 3.95. The molecule has 0 fully saturated rings. The van der Waals surface area contributed by atoms with Gasteiger partial charge < -0.3 is 4.74 Å². The number of carbonyl (C=O) groups excluding carboxylic acids is 1. The van der Waals surface area contributed by atoms with E-state index in [1.54, 1.807) is 6.92 Å². The van der Waals surface area contributed by atoms with E-state index in [1.165, 1.54) is 0 Å². The Labute approximate surface area is 95.6 Å². The average molecular weight is 225 g/mol. The van der Waals surface area contributed by atoms with E-state index in [4.69, 9.17) is 4.74 Å². The fraction of sp³-hybridized carbons (Fsp3) is 0.727. The van der Waals surface area contributed by atoms with Crippen molar-refractivity contribution in [2.45, 2.75) is 46.0 Å². The molecule has 0 aromatic carbocycles. The van der Waals surface area contributed by atoms with Crippen LogP contribution < -0.4 is 0 Å². The van der Waals surface area contributed by atoms with E-state index in [-0.39, 0.29) is 17.8 Å². The topological polar surface area (TPSA) is 67.9 Å². The fourth-order valence-corrected chi connectivity index (χ4v) is 1.42. The molecular weight excluding hydrogens is 206 g/mol. The van der Waals surface area contributed by atoms with Crippen molar-refractivity contribution in [1.82, 2.24) is 15.2 Å². The third-order valence-electron chi connectivity index (χ3n) is 2.35. The van der Waals surface area contributed by atoms with Gasteiger partial charge >= 0.3 is 5.97 Å². The van der Waals surface area contributed by atoms with Crippen molar-refractivity contribution >= 4 is 5.97 Å². The molecule has 1 unspecified atom stereocenters. The molecule has 1 rings (SSSR count). The molecule has 1 aromatic rings. The first kappa shape index (κ1) is 12.7. The summed E-state index contributed by atoms with van der Waals surface area (Å²) in [6, 6.07) is 0. The minimum Gasteiger partial charge on any atom is -0.465 e. The Bertz CT molecular complexity index is 347. The highest BCUT2D eigenvalue weighted by Crippen LogP contribution is 2.19. The highest BCUT2D eigenvalue weighted by Gasteiger charge is 2.24. The molecule has 16 heavy (non-hydrogen) atoms. The number of esters is 1. The van der Waals surface area contributed by atoms with Crippen LogP contribution in [0.15, 0.2) is 0 Å². The van der Waals surface area contributed by atoms with E-state index >= 15 is 0 Å². The van der Waals surface area contributed by atoms with Gasteiger partial charge in [-0.05, 0) is 13.3 Å². The zero-order chi connectivity index (χ0) is 12.1. The van der Waals surface area contributed by atoms with Crippen LogP contribution in [0.2, 0.25) is 0 Å². The largest absolute Gasteiger partial charge is 0.465 e. The summed E-state index contributed by atoms with van der Waals surface area (Å²) in [7, 11) is 0. The van der Waals surface area contributed by atoms with E-state index in [9.17, 15) is 4.79 Å². The lowest BCUT2D eigenvalue weighted by Gasteiger charge is -2.09. The molecule has 1 heterocycles. The summed E-state index contributed by atoms with van der Waals surface area (Å²) < 4.78 is 4.99. The molecule has 0 bridgehead atoms. The van der Waals surface area contributed by atoms with Crippen molar-refractivity contribution in [2.24, 2.45) is 0 Å². The van der Waals surface area contributed by atoms with Gasteiger partial charge in [-0.15, -0.1) is 0 Å². The first-order valence-electron chi connectivity index (χ1n) is 5.68. The monoisotopic (exact) mass is 225 g/mol. The Morgan fingerprint density at radius 3 is 2.56 bits per heavy atom. The van der Waals surface area contributed by atoms with Crippen molar-refractivity contribution in [3.05, 3.63) is 11.6 Å². The molecule has 0 aliphatic heterocycles. The molecule has 1 aromatic heterocycles. The van der Waals surface area contributed by atoms with E-state index in [0.29, 0.717) is 18.9 Å². The minimum absolute atomic E-state index is 0.239. The van der Waals surface area contributed by atoms with Crippen LogP contribution in [0.4, 0.5) is 0 Å². The Morgan fingerprint density at radius 2 is 2.12 bits per heavy atom. The number of rotatable bonds is 5. The van der Waals surface area contributed by atoms with E-state index in [2.05, 4.69) is 15.2 Å². The lowest BCUT2D eigenvalue weighted by atomic mass is 10.1. The molecule has 0 spiro atoms. The van der Waals surface area contributed by atoms with Gasteiger partial charge in [0.05, 0.1) is 6.61 Å². The normalized spacial score (nSPS) is 12.8.